The minimum atomic E-state index is -0.317. The van der Waals surface area contributed by atoms with Crippen LogP contribution in [0.3, 0.4) is 0 Å². The summed E-state index contributed by atoms with van der Waals surface area (Å²) in [7, 11) is 2.14. The zero-order valence-electron chi connectivity index (χ0n) is 15.6. The average Bonchev–Trinajstić information content (AvgIpc) is 3.06. The summed E-state index contributed by atoms with van der Waals surface area (Å²) in [6, 6.07) is 6.50. The molecule has 0 bridgehead atoms. The van der Waals surface area contributed by atoms with Gasteiger partial charge in [0.1, 0.15) is 5.56 Å². The topological polar surface area (TPSA) is 54.9 Å². The van der Waals surface area contributed by atoms with Crippen LogP contribution in [0.1, 0.15) is 22.8 Å². The van der Waals surface area contributed by atoms with Crippen molar-refractivity contribution in [2.45, 2.75) is 26.0 Å². The largest absolute Gasteiger partial charge is 0.462 e. The molecule has 2 fully saturated rings. The number of fused-ring (bicyclic) bond motifs is 2. The number of ether oxygens (including phenoxy) is 2. The molecule has 4 rings (SSSR count). The number of anilines is 1. The summed E-state index contributed by atoms with van der Waals surface area (Å²) in [5.74, 6) is -0.317. The van der Waals surface area contributed by atoms with E-state index in [1.807, 2.05) is 19.1 Å². The third kappa shape index (κ3) is 2.93. The predicted octanol–water partition coefficient (Wildman–Crippen LogP) is 2.24. The van der Waals surface area contributed by atoms with Gasteiger partial charge in [-0.15, -0.1) is 0 Å². The van der Waals surface area contributed by atoms with Gasteiger partial charge in [-0.05, 0) is 33.0 Å². The fraction of sp³-hybridized carbons (Fsp3) is 0.500. The van der Waals surface area contributed by atoms with Crippen molar-refractivity contribution in [1.29, 1.82) is 0 Å². The number of nitrogens with zero attached hydrogens (tertiary/aromatic N) is 3. The lowest BCUT2D eigenvalue weighted by atomic mass is 10.1. The molecule has 2 aliphatic heterocycles. The van der Waals surface area contributed by atoms with E-state index in [4.69, 9.17) is 9.47 Å². The van der Waals surface area contributed by atoms with Crippen molar-refractivity contribution in [2.24, 2.45) is 0 Å². The zero-order chi connectivity index (χ0) is 18.3. The lowest BCUT2D eigenvalue weighted by molar-refractivity contribution is -0.0362. The Balaban J connectivity index is 1.82. The molecule has 2 saturated heterocycles. The van der Waals surface area contributed by atoms with Crippen molar-refractivity contribution < 1.29 is 14.3 Å². The van der Waals surface area contributed by atoms with Gasteiger partial charge in [-0.1, -0.05) is 11.6 Å². The predicted molar refractivity (Wildman–Crippen MR) is 101 cm³/mol. The zero-order valence-corrected chi connectivity index (χ0v) is 15.6. The Hall–Kier alpha value is -2.18. The maximum Gasteiger partial charge on any atom is 0.341 e. The molecule has 2 aromatic rings. The van der Waals surface area contributed by atoms with E-state index in [1.165, 1.54) is 0 Å². The monoisotopic (exact) mass is 355 g/mol. The highest BCUT2D eigenvalue weighted by molar-refractivity contribution is 6.05. The van der Waals surface area contributed by atoms with Crippen LogP contribution < -0.4 is 4.90 Å². The van der Waals surface area contributed by atoms with E-state index < -0.39 is 0 Å². The van der Waals surface area contributed by atoms with Gasteiger partial charge in [-0.3, -0.25) is 9.88 Å². The number of carbonyl (C=O) groups is 1. The van der Waals surface area contributed by atoms with Gasteiger partial charge in [0.15, 0.2) is 0 Å². The fourth-order valence-electron chi connectivity index (χ4n) is 4.03. The second kappa shape index (κ2) is 6.85. The number of carbonyl (C=O) groups excluding carboxylic acids is 1. The van der Waals surface area contributed by atoms with Crippen LogP contribution >= 0.6 is 0 Å². The number of hydrogen-bond acceptors (Lipinski definition) is 6. The molecule has 26 heavy (non-hydrogen) atoms. The van der Waals surface area contributed by atoms with Crippen LogP contribution in [-0.2, 0) is 9.47 Å². The van der Waals surface area contributed by atoms with Crippen LogP contribution in [0, 0.1) is 6.92 Å². The Morgan fingerprint density at radius 1 is 1.38 bits per heavy atom. The van der Waals surface area contributed by atoms with Gasteiger partial charge in [-0.2, -0.15) is 0 Å². The second-order valence-electron chi connectivity index (χ2n) is 7.12. The quantitative estimate of drug-likeness (QED) is 0.787. The Labute approximate surface area is 153 Å². The number of aryl methyl sites for hydroxylation is 1. The number of aromatic nitrogens is 1. The number of likely N-dealkylation sites (N-methyl/N-ethyl adjacent to an activating group) is 1. The van der Waals surface area contributed by atoms with Crippen molar-refractivity contribution in [3.05, 3.63) is 35.5 Å². The highest BCUT2D eigenvalue weighted by Gasteiger charge is 2.40. The molecule has 2 aliphatic rings. The van der Waals surface area contributed by atoms with Gasteiger partial charge in [0.25, 0.3) is 0 Å². The van der Waals surface area contributed by atoms with Crippen molar-refractivity contribution in [3.63, 3.8) is 0 Å². The molecular formula is C20H25N3O3. The van der Waals surface area contributed by atoms with Crippen LogP contribution in [-0.4, -0.2) is 67.9 Å². The Bertz CT molecular complexity index is 838. The van der Waals surface area contributed by atoms with E-state index in [0.717, 1.165) is 48.4 Å². The first-order chi connectivity index (χ1) is 12.6. The molecular weight excluding hydrogens is 330 g/mol. The molecule has 6 nitrogen and oxygen atoms in total. The molecule has 1 aromatic carbocycles. The lowest BCUT2D eigenvalue weighted by Crippen LogP contribution is -2.48. The number of hydrogen-bond donors (Lipinski definition) is 0. The van der Waals surface area contributed by atoms with Gasteiger partial charge < -0.3 is 14.4 Å². The molecule has 0 spiro atoms. The van der Waals surface area contributed by atoms with Crippen molar-refractivity contribution >= 4 is 22.6 Å². The van der Waals surface area contributed by atoms with E-state index >= 15 is 0 Å². The molecule has 138 valence electrons. The lowest BCUT2D eigenvalue weighted by Gasteiger charge is -2.33. The first kappa shape index (κ1) is 17.2. The molecule has 6 heteroatoms. The Morgan fingerprint density at radius 2 is 2.23 bits per heavy atom. The maximum atomic E-state index is 12.6. The summed E-state index contributed by atoms with van der Waals surface area (Å²) in [5.41, 5.74) is 3.49. The number of benzene rings is 1. The van der Waals surface area contributed by atoms with Crippen LogP contribution in [0.25, 0.3) is 10.9 Å². The molecule has 1 aromatic heterocycles. The minimum Gasteiger partial charge on any atom is -0.462 e. The highest BCUT2D eigenvalue weighted by Crippen LogP contribution is 2.35. The fourth-order valence-corrected chi connectivity index (χ4v) is 4.03. The Morgan fingerprint density at radius 3 is 3.00 bits per heavy atom. The molecule has 0 N–H and O–H groups in total. The van der Waals surface area contributed by atoms with Gasteiger partial charge in [-0.25, -0.2) is 4.79 Å². The summed E-state index contributed by atoms with van der Waals surface area (Å²) >= 11 is 0. The number of rotatable bonds is 3. The molecule has 2 atom stereocenters. The molecule has 2 unspecified atom stereocenters. The standard InChI is InChI=1S/C20H25N3O3/c1-4-25-20(24)15-10-21-16-6-5-13(2)9-14(16)19(15)23-11-17-18(12-23)26-8-7-22(17)3/h5-6,9-10,17-18H,4,7-8,11-12H2,1-3H3. The average molecular weight is 355 g/mol. The van der Waals surface area contributed by atoms with Crippen LogP contribution in [0.5, 0.6) is 0 Å². The van der Waals surface area contributed by atoms with E-state index in [9.17, 15) is 4.79 Å². The molecule has 0 aliphatic carbocycles. The van der Waals surface area contributed by atoms with Crippen LogP contribution in [0.2, 0.25) is 0 Å². The third-order valence-electron chi connectivity index (χ3n) is 5.39. The van der Waals surface area contributed by atoms with E-state index in [0.29, 0.717) is 18.2 Å². The van der Waals surface area contributed by atoms with Gasteiger partial charge >= 0.3 is 5.97 Å². The summed E-state index contributed by atoms with van der Waals surface area (Å²) in [6.45, 7) is 7.53. The van der Waals surface area contributed by atoms with Gasteiger partial charge in [0, 0.05) is 31.2 Å². The van der Waals surface area contributed by atoms with Crippen molar-refractivity contribution in [1.82, 2.24) is 9.88 Å². The van der Waals surface area contributed by atoms with Crippen LogP contribution in [0.15, 0.2) is 24.4 Å². The molecule has 0 saturated carbocycles. The summed E-state index contributed by atoms with van der Waals surface area (Å²) in [4.78, 5) is 21.7. The SMILES string of the molecule is CCOC(=O)c1cnc2ccc(C)cc2c1N1CC2OCCN(C)C2C1. The van der Waals surface area contributed by atoms with Gasteiger partial charge in [0.05, 0.1) is 36.6 Å². The number of esters is 1. The molecule has 0 radical (unpaired) electrons. The molecule has 3 heterocycles. The Kier molecular flexibility index (Phi) is 4.54. The first-order valence-corrected chi connectivity index (χ1v) is 9.21. The number of morpholine rings is 1. The van der Waals surface area contributed by atoms with Crippen molar-refractivity contribution in [3.8, 4) is 0 Å². The van der Waals surface area contributed by atoms with Gasteiger partial charge in [0.2, 0.25) is 0 Å². The minimum absolute atomic E-state index is 0.164. The van der Waals surface area contributed by atoms with Crippen LogP contribution in [0.4, 0.5) is 5.69 Å². The summed E-state index contributed by atoms with van der Waals surface area (Å²) in [6.07, 6.45) is 1.81. The summed E-state index contributed by atoms with van der Waals surface area (Å²) < 4.78 is 11.3. The van der Waals surface area contributed by atoms with E-state index in [2.05, 4.69) is 34.8 Å². The number of pyridine rings is 1. The van der Waals surface area contributed by atoms with E-state index in [1.54, 1.807) is 6.20 Å². The molecule has 0 amide bonds. The second-order valence-corrected chi connectivity index (χ2v) is 7.12. The highest BCUT2D eigenvalue weighted by atomic mass is 16.5. The maximum absolute atomic E-state index is 12.6. The normalized spacial score (nSPS) is 23.3. The smallest absolute Gasteiger partial charge is 0.341 e. The summed E-state index contributed by atoms with van der Waals surface area (Å²) in [5, 5.41) is 0.997. The van der Waals surface area contributed by atoms with Crippen molar-refractivity contribution in [2.75, 3.05) is 44.8 Å². The third-order valence-corrected chi connectivity index (χ3v) is 5.39. The van der Waals surface area contributed by atoms with E-state index in [-0.39, 0.29) is 12.1 Å². The first-order valence-electron chi connectivity index (χ1n) is 9.21.